The molecular weight excluding hydrogens is 224 g/mol. The van der Waals surface area contributed by atoms with Crippen molar-refractivity contribution in [2.24, 2.45) is 0 Å². The summed E-state index contributed by atoms with van der Waals surface area (Å²) < 4.78 is 5.66. The molecular formula is C12H19ClN2O. The third-order valence-corrected chi connectivity index (χ3v) is 2.52. The molecule has 0 spiro atoms. The molecule has 3 nitrogen and oxygen atoms in total. The molecule has 0 aliphatic heterocycles. The van der Waals surface area contributed by atoms with Crippen molar-refractivity contribution >= 4 is 11.6 Å². The summed E-state index contributed by atoms with van der Waals surface area (Å²) in [5.41, 5.74) is 1.06. The fourth-order valence-electron chi connectivity index (χ4n) is 1.51. The van der Waals surface area contributed by atoms with Gasteiger partial charge in [-0.25, -0.2) is 4.98 Å². The van der Waals surface area contributed by atoms with Crippen molar-refractivity contribution in [3.63, 3.8) is 0 Å². The second-order valence-corrected chi connectivity index (χ2v) is 4.29. The highest BCUT2D eigenvalue weighted by Gasteiger charge is 2.08. The van der Waals surface area contributed by atoms with Gasteiger partial charge in [-0.2, -0.15) is 0 Å². The quantitative estimate of drug-likeness (QED) is 0.833. The number of ether oxygens (including phenoxy) is 1. The van der Waals surface area contributed by atoms with Crippen LogP contribution in [0, 0.1) is 0 Å². The van der Waals surface area contributed by atoms with Gasteiger partial charge in [-0.05, 0) is 32.0 Å². The lowest BCUT2D eigenvalue weighted by atomic mass is 10.2. The first-order chi connectivity index (χ1) is 7.67. The van der Waals surface area contributed by atoms with Crippen LogP contribution >= 0.6 is 11.6 Å². The Bertz CT molecular complexity index is 331. The van der Waals surface area contributed by atoms with Gasteiger partial charge in [0.25, 0.3) is 0 Å². The van der Waals surface area contributed by atoms with Gasteiger partial charge in [-0.1, -0.05) is 24.9 Å². The molecule has 0 aromatic carbocycles. The standard InChI is InChI=1S/C12H19ClN2O/c1-4-5-9(2)16-12-11(13)6-10(7-14-3)8-15-12/h6,8-9,14H,4-5,7H2,1-3H3. The van der Waals surface area contributed by atoms with Gasteiger partial charge in [0.1, 0.15) is 5.02 Å². The second-order valence-electron chi connectivity index (χ2n) is 3.88. The molecule has 4 heteroatoms. The van der Waals surface area contributed by atoms with Crippen molar-refractivity contribution in [2.45, 2.75) is 39.3 Å². The van der Waals surface area contributed by atoms with Gasteiger partial charge in [-0.3, -0.25) is 0 Å². The topological polar surface area (TPSA) is 34.1 Å². The molecule has 1 rings (SSSR count). The van der Waals surface area contributed by atoms with Crippen molar-refractivity contribution in [3.05, 3.63) is 22.8 Å². The van der Waals surface area contributed by atoms with Gasteiger partial charge in [0.15, 0.2) is 0 Å². The molecule has 0 saturated heterocycles. The molecule has 0 bridgehead atoms. The highest BCUT2D eigenvalue weighted by atomic mass is 35.5. The number of aromatic nitrogens is 1. The minimum Gasteiger partial charge on any atom is -0.474 e. The van der Waals surface area contributed by atoms with Gasteiger partial charge >= 0.3 is 0 Å². The summed E-state index contributed by atoms with van der Waals surface area (Å²) in [6.45, 7) is 4.92. The van der Waals surface area contributed by atoms with Crippen LogP contribution in [0.25, 0.3) is 0 Å². The number of pyridine rings is 1. The van der Waals surface area contributed by atoms with Gasteiger partial charge in [0, 0.05) is 12.7 Å². The van der Waals surface area contributed by atoms with Crippen LogP contribution in [-0.4, -0.2) is 18.1 Å². The van der Waals surface area contributed by atoms with E-state index in [0.717, 1.165) is 24.9 Å². The van der Waals surface area contributed by atoms with Crippen LogP contribution in [0.15, 0.2) is 12.3 Å². The summed E-state index contributed by atoms with van der Waals surface area (Å²) in [4.78, 5) is 4.22. The van der Waals surface area contributed by atoms with Crippen LogP contribution < -0.4 is 10.1 Å². The zero-order valence-electron chi connectivity index (χ0n) is 10.1. The summed E-state index contributed by atoms with van der Waals surface area (Å²) in [5.74, 6) is 0.530. The van der Waals surface area contributed by atoms with Crippen LogP contribution in [-0.2, 0) is 6.54 Å². The minimum absolute atomic E-state index is 0.158. The Hall–Kier alpha value is -0.800. The number of hydrogen-bond acceptors (Lipinski definition) is 3. The van der Waals surface area contributed by atoms with Crippen molar-refractivity contribution in [2.75, 3.05) is 7.05 Å². The van der Waals surface area contributed by atoms with E-state index in [9.17, 15) is 0 Å². The van der Waals surface area contributed by atoms with Gasteiger partial charge in [-0.15, -0.1) is 0 Å². The Kier molecular flexibility index (Phi) is 5.56. The largest absolute Gasteiger partial charge is 0.474 e. The Morgan fingerprint density at radius 1 is 1.56 bits per heavy atom. The summed E-state index contributed by atoms with van der Waals surface area (Å²) >= 11 is 6.09. The lowest BCUT2D eigenvalue weighted by Crippen LogP contribution is -2.13. The molecule has 90 valence electrons. The maximum atomic E-state index is 6.09. The Labute approximate surface area is 102 Å². The van der Waals surface area contributed by atoms with Gasteiger partial charge < -0.3 is 10.1 Å². The van der Waals surface area contributed by atoms with Crippen LogP contribution in [0.4, 0.5) is 0 Å². The number of halogens is 1. The molecule has 16 heavy (non-hydrogen) atoms. The van der Waals surface area contributed by atoms with Crippen molar-refractivity contribution in [1.29, 1.82) is 0 Å². The average Bonchev–Trinajstić information content (AvgIpc) is 2.23. The van der Waals surface area contributed by atoms with Crippen molar-refractivity contribution in [3.8, 4) is 5.88 Å². The number of nitrogens with one attached hydrogen (secondary N) is 1. The molecule has 0 amide bonds. The fourth-order valence-corrected chi connectivity index (χ4v) is 1.74. The van der Waals surface area contributed by atoms with Crippen LogP contribution in [0.2, 0.25) is 5.02 Å². The summed E-state index contributed by atoms with van der Waals surface area (Å²) in [6, 6.07) is 1.89. The molecule has 0 fully saturated rings. The van der Waals surface area contributed by atoms with E-state index in [4.69, 9.17) is 16.3 Å². The van der Waals surface area contributed by atoms with Gasteiger partial charge in [0.05, 0.1) is 6.10 Å². The molecule has 0 aliphatic rings. The lowest BCUT2D eigenvalue weighted by Gasteiger charge is -2.14. The first-order valence-corrected chi connectivity index (χ1v) is 6.00. The zero-order valence-corrected chi connectivity index (χ0v) is 10.8. The van der Waals surface area contributed by atoms with E-state index in [1.165, 1.54) is 0 Å². The molecule has 1 aromatic rings. The molecule has 0 aliphatic carbocycles. The lowest BCUT2D eigenvalue weighted by molar-refractivity contribution is 0.201. The van der Waals surface area contributed by atoms with Gasteiger partial charge in [0.2, 0.25) is 5.88 Å². The molecule has 0 radical (unpaired) electrons. The highest BCUT2D eigenvalue weighted by molar-refractivity contribution is 6.31. The SMILES string of the molecule is CCCC(C)Oc1ncc(CNC)cc1Cl. The molecule has 1 heterocycles. The van der Waals surface area contributed by atoms with E-state index in [2.05, 4.69) is 17.2 Å². The summed E-state index contributed by atoms with van der Waals surface area (Å²) in [7, 11) is 1.89. The van der Waals surface area contributed by atoms with E-state index in [0.29, 0.717) is 10.9 Å². The van der Waals surface area contributed by atoms with Crippen LogP contribution in [0.3, 0.4) is 0 Å². The molecule has 1 atom stereocenters. The molecule has 0 saturated carbocycles. The third-order valence-electron chi connectivity index (χ3n) is 2.25. The maximum Gasteiger partial charge on any atom is 0.232 e. The minimum atomic E-state index is 0.158. The van der Waals surface area contributed by atoms with E-state index >= 15 is 0 Å². The highest BCUT2D eigenvalue weighted by Crippen LogP contribution is 2.24. The monoisotopic (exact) mass is 242 g/mol. The predicted molar refractivity (Wildman–Crippen MR) is 67.0 cm³/mol. The van der Waals surface area contributed by atoms with Crippen LogP contribution in [0.1, 0.15) is 32.3 Å². The third kappa shape index (κ3) is 3.99. The summed E-state index contributed by atoms with van der Waals surface area (Å²) in [5, 5.41) is 3.63. The van der Waals surface area contributed by atoms with E-state index in [-0.39, 0.29) is 6.10 Å². The van der Waals surface area contributed by atoms with E-state index in [1.807, 2.05) is 20.0 Å². The smallest absolute Gasteiger partial charge is 0.232 e. The molecule has 1 aromatic heterocycles. The zero-order chi connectivity index (χ0) is 12.0. The first-order valence-electron chi connectivity index (χ1n) is 5.63. The molecule has 1 unspecified atom stereocenters. The van der Waals surface area contributed by atoms with Crippen molar-refractivity contribution < 1.29 is 4.74 Å². The van der Waals surface area contributed by atoms with Crippen molar-refractivity contribution in [1.82, 2.24) is 10.3 Å². The van der Waals surface area contributed by atoms with Crippen LogP contribution in [0.5, 0.6) is 5.88 Å². The number of nitrogens with zero attached hydrogens (tertiary/aromatic N) is 1. The first kappa shape index (κ1) is 13.3. The Balaban J connectivity index is 2.67. The number of hydrogen-bond donors (Lipinski definition) is 1. The normalized spacial score (nSPS) is 12.5. The fraction of sp³-hybridized carbons (Fsp3) is 0.583. The molecule has 1 N–H and O–H groups in total. The Morgan fingerprint density at radius 2 is 2.31 bits per heavy atom. The van der Waals surface area contributed by atoms with E-state index < -0.39 is 0 Å². The second kappa shape index (κ2) is 6.71. The Morgan fingerprint density at radius 3 is 2.88 bits per heavy atom. The predicted octanol–water partition coefficient (Wildman–Crippen LogP) is 3.02. The summed E-state index contributed by atoms with van der Waals surface area (Å²) in [6.07, 6.45) is 4.05. The maximum absolute atomic E-state index is 6.09. The average molecular weight is 243 g/mol. The number of rotatable bonds is 6. The van der Waals surface area contributed by atoms with E-state index in [1.54, 1.807) is 6.20 Å².